The average Bonchev–Trinajstić information content (AvgIpc) is 3.58. The van der Waals surface area contributed by atoms with Crippen LogP contribution in [0.2, 0.25) is 0 Å². The zero-order chi connectivity index (χ0) is 24.3. The summed E-state index contributed by atoms with van der Waals surface area (Å²) >= 11 is 0. The second-order valence-electron chi connectivity index (χ2n) is 11.7. The van der Waals surface area contributed by atoms with E-state index in [9.17, 15) is 0 Å². The second kappa shape index (κ2) is 10.1. The van der Waals surface area contributed by atoms with Crippen LogP contribution < -0.4 is 0 Å². The molecule has 0 amide bonds. The van der Waals surface area contributed by atoms with Gasteiger partial charge in [0.05, 0.1) is 5.69 Å². The van der Waals surface area contributed by atoms with Crippen LogP contribution in [0.25, 0.3) is 0 Å². The van der Waals surface area contributed by atoms with E-state index in [2.05, 4.69) is 86.6 Å². The summed E-state index contributed by atoms with van der Waals surface area (Å²) in [7, 11) is 0. The van der Waals surface area contributed by atoms with Crippen molar-refractivity contribution in [2.24, 2.45) is 5.92 Å². The van der Waals surface area contributed by atoms with E-state index in [1.165, 1.54) is 59.9 Å². The maximum absolute atomic E-state index is 4.74. The number of pyridine rings is 1. The van der Waals surface area contributed by atoms with Gasteiger partial charge in [-0.15, -0.1) is 0 Å². The van der Waals surface area contributed by atoms with Gasteiger partial charge in [0.2, 0.25) is 0 Å². The van der Waals surface area contributed by atoms with Crippen LogP contribution >= 0.6 is 0 Å². The summed E-state index contributed by atoms with van der Waals surface area (Å²) in [4.78, 5) is 4.74. The van der Waals surface area contributed by atoms with Gasteiger partial charge in [0, 0.05) is 11.6 Å². The lowest BCUT2D eigenvalue weighted by molar-refractivity contribution is 0.331. The zero-order valence-corrected chi connectivity index (χ0v) is 22.9. The van der Waals surface area contributed by atoms with Crippen molar-refractivity contribution in [1.82, 2.24) is 4.98 Å². The molecule has 0 bridgehead atoms. The summed E-state index contributed by atoms with van der Waals surface area (Å²) in [5, 5.41) is 0. The van der Waals surface area contributed by atoms with Gasteiger partial charge in [0.15, 0.2) is 0 Å². The molecule has 0 N–H and O–H groups in total. The molecular weight excluding hydrogens is 386 g/mol. The van der Waals surface area contributed by atoms with E-state index in [4.69, 9.17) is 4.98 Å². The fraction of sp³-hybridized carbons (Fsp3) is 0.645. The number of benzene rings is 1. The maximum Gasteiger partial charge on any atom is 0.0503 e. The van der Waals surface area contributed by atoms with E-state index in [1.807, 2.05) is 20.0 Å². The third kappa shape index (κ3) is 5.83. The first-order chi connectivity index (χ1) is 14.9. The van der Waals surface area contributed by atoms with Crippen molar-refractivity contribution >= 4 is 0 Å². The molecule has 0 radical (unpaired) electrons. The highest BCUT2D eigenvalue weighted by Crippen LogP contribution is 2.48. The molecular formula is C31H49N. The summed E-state index contributed by atoms with van der Waals surface area (Å²) in [5.74, 6) is 1.13. The number of aryl methyl sites for hydroxylation is 2. The Bertz CT molecular complexity index is 879. The van der Waals surface area contributed by atoms with E-state index in [-0.39, 0.29) is 16.2 Å². The Hall–Kier alpha value is -1.63. The van der Waals surface area contributed by atoms with Crippen LogP contribution in [-0.4, -0.2) is 4.98 Å². The Kier molecular flexibility index (Phi) is 8.41. The molecule has 1 aromatic heterocycles. The van der Waals surface area contributed by atoms with Crippen molar-refractivity contribution in [3.8, 4) is 0 Å². The third-order valence-electron chi connectivity index (χ3n) is 7.70. The quantitative estimate of drug-likeness (QED) is 0.468. The predicted octanol–water partition coefficient (Wildman–Crippen LogP) is 9.21. The number of aromatic nitrogens is 1. The molecule has 0 saturated heterocycles. The van der Waals surface area contributed by atoms with E-state index < -0.39 is 0 Å². The number of nitrogens with zero attached hydrogens (tertiary/aromatic N) is 1. The Balaban J connectivity index is 0.000000448. The predicted molar refractivity (Wildman–Crippen MR) is 142 cm³/mol. The highest BCUT2D eigenvalue weighted by Gasteiger charge is 2.39. The minimum atomic E-state index is -0.0928. The first-order valence-electron chi connectivity index (χ1n) is 13.0. The molecule has 1 nitrogen and oxygen atoms in total. The molecule has 1 saturated carbocycles. The second-order valence-corrected chi connectivity index (χ2v) is 11.7. The van der Waals surface area contributed by atoms with Gasteiger partial charge in [-0.05, 0) is 77.3 Å². The summed E-state index contributed by atoms with van der Waals surface area (Å²) in [6.07, 6.45) is 8.93. The van der Waals surface area contributed by atoms with Crippen molar-refractivity contribution in [2.75, 3.05) is 0 Å². The molecule has 2 aromatic rings. The number of fused-ring (bicyclic) bond motifs is 1. The van der Waals surface area contributed by atoms with Crippen LogP contribution in [0.1, 0.15) is 128 Å². The lowest BCUT2D eigenvalue weighted by Gasteiger charge is -2.43. The zero-order valence-electron chi connectivity index (χ0n) is 22.9. The van der Waals surface area contributed by atoms with Gasteiger partial charge in [0.1, 0.15) is 0 Å². The lowest BCUT2D eigenvalue weighted by Crippen LogP contribution is -2.35. The van der Waals surface area contributed by atoms with E-state index >= 15 is 0 Å². The van der Waals surface area contributed by atoms with Crippen molar-refractivity contribution in [3.63, 3.8) is 0 Å². The molecule has 178 valence electrons. The van der Waals surface area contributed by atoms with E-state index in [1.54, 1.807) is 0 Å². The van der Waals surface area contributed by atoms with Gasteiger partial charge >= 0.3 is 0 Å². The molecule has 1 aromatic carbocycles. The molecule has 1 heteroatoms. The topological polar surface area (TPSA) is 12.9 Å². The molecule has 0 spiro atoms. The van der Waals surface area contributed by atoms with Gasteiger partial charge in [-0.1, -0.05) is 99.8 Å². The number of hydrogen-bond donors (Lipinski definition) is 0. The first kappa shape index (κ1) is 26.6. The number of rotatable bonds is 3. The summed E-state index contributed by atoms with van der Waals surface area (Å²) in [6.45, 7) is 24.8. The molecule has 1 fully saturated rings. The van der Waals surface area contributed by atoms with Crippen LogP contribution in [-0.2, 0) is 16.2 Å². The van der Waals surface area contributed by atoms with Crippen molar-refractivity contribution in [3.05, 3.63) is 64.0 Å². The van der Waals surface area contributed by atoms with Crippen LogP contribution in [0.5, 0.6) is 0 Å². The third-order valence-corrected chi connectivity index (χ3v) is 7.70. The molecule has 1 heterocycles. The van der Waals surface area contributed by atoms with E-state index in [0.29, 0.717) is 0 Å². The molecule has 0 aliphatic heterocycles. The highest BCUT2D eigenvalue weighted by molar-refractivity contribution is 5.51. The average molecular weight is 436 g/mol. The van der Waals surface area contributed by atoms with Crippen molar-refractivity contribution in [1.29, 1.82) is 0 Å². The van der Waals surface area contributed by atoms with Gasteiger partial charge in [-0.25, -0.2) is 0 Å². The molecule has 0 atom stereocenters. The minimum Gasteiger partial charge on any atom is -0.260 e. The van der Waals surface area contributed by atoms with Crippen LogP contribution in [0.15, 0.2) is 30.5 Å². The van der Waals surface area contributed by atoms with Gasteiger partial charge in [0.25, 0.3) is 0 Å². The lowest BCUT2D eigenvalue weighted by atomic mass is 9.61. The standard InChI is InChI=1S/C24H33N.C5H10.C2H6/c1-16-9-10-21(25-15-16)24(7,8)18-14-20-19(13-17(18)2)22(3,4)11-12-23(20,5)6;1-2-5-3-4-5;1-2/h9-10,13-15H,11-12H2,1-8H3;5H,2-4H2,1H3;1-2H3. The van der Waals surface area contributed by atoms with Gasteiger partial charge in [-0.2, -0.15) is 0 Å². The van der Waals surface area contributed by atoms with Crippen molar-refractivity contribution < 1.29 is 0 Å². The fourth-order valence-electron chi connectivity index (χ4n) is 4.90. The Morgan fingerprint density at radius 3 is 1.84 bits per heavy atom. The molecule has 32 heavy (non-hydrogen) atoms. The molecule has 2 aliphatic carbocycles. The van der Waals surface area contributed by atoms with Gasteiger partial charge in [-0.3, -0.25) is 4.98 Å². The largest absolute Gasteiger partial charge is 0.260 e. The highest BCUT2D eigenvalue weighted by atomic mass is 14.7. The monoisotopic (exact) mass is 435 g/mol. The molecule has 0 unspecified atom stereocenters. The maximum atomic E-state index is 4.74. The van der Waals surface area contributed by atoms with Crippen LogP contribution in [0.3, 0.4) is 0 Å². The van der Waals surface area contributed by atoms with Crippen LogP contribution in [0.4, 0.5) is 0 Å². The SMILES string of the molecule is CC.CCC1CC1.Cc1ccc(C(C)(C)c2cc3c(cc2C)C(C)(C)CCC3(C)C)nc1. The Morgan fingerprint density at radius 2 is 1.44 bits per heavy atom. The van der Waals surface area contributed by atoms with Crippen molar-refractivity contribution in [2.45, 2.75) is 125 Å². The van der Waals surface area contributed by atoms with Crippen LogP contribution in [0, 0.1) is 19.8 Å². The normalized spacial score (nSPS) is 18.5. The van der Waals surface area contributed by atoms with Gasteiger partial charge < -0.3 is 0 Å². The molecule has 2 aliphatic rings. The molecule has 4 rings (SSSR count). The Labute approximate surface area is 199 Å². The fourth-order valence-corrected chi connectivity index (χ4v) is 4.90. The minimum absolute atomic E-state index is 0.0928. The summed E-state index contributed by atoms with van der Waals surface area (Å²) < 4.78 is 0. The summed E-state index contributed by atoms with van der Waals surface area (Å²) in [5.41, 5.74) is 8.64. The Morgan fingerprint density at radius 1 is 0.906 bits per heavy atom. The van der Waals surface area contributed by atoms with E-state index in [0.717, 1.165) is 11.6 Å². The smallest absolute Gasteiger partial charge is 0.0503 e. The number of hydrogen-bond acceptors (Lipinski definition) is 1. The summed E-state index contributed by atoms with van der Waals surface area (Å²) in [6, 6.07) is 9.31. The first-order valence-corrected chi connectivity index (χ1v) is 13.0.